The predicted molar refractivity (Wildman–Crippen MR) is 78.9 cm³/mol. The normalized spacial score (nSPS) is 16.6. The number of halogens is 1. The minimum atomic E-state index is 0.169. The van der Waals surface area contributed by atoms with Crippen molar-refractivity contribution in [3.8, 4) is 0 Å². The Bertz CT molecular complexity index is 428. The molecule has 0 unspecified atom stereocenters. The summed E-state index contributed by atoms with van der Waals surface area (Å²) in [6, 6.07) is 7.91. The molecule has 0 spiro atoms. The third kappa shape index (κ3) is 3.48. The minimum Gasteiger partial charge on any atom is -0.336 e. The van der Waals surface area contributed by atoms with Crippen LogP contribution in [0.3, 0.4) is 0 Å². The van der Waals surface area contributed by atoms with Gasteiger partial charge in [-0.3, -0.25) is 9.69 Å². The Morgan fingerprint density at radius 1 is 1.21 bits per heavy atom. The van der Waals surface area contributed by atoms with Gasteiger partial charge in [-0.15, -0.1) is 11.6 Å². The van der Waals surface area contributed by atoms with Gasteiger partial charge in [-0.2, -0.15) is 0 Å². The van der Waals surface area contributed by atoms with E-state index in [4.69, 9.17) is 11.6 Å². The molecule has 1 aliphatic heterocycles. The largest absolute Gasteiger partial charge is 0.336 e. The molecule has 0 saturated carbocycles. The number of nitrogens with zero attached hydrogens (tertiary/aromatic N) is 2. The van der Waals surface area contributed by atoms with Crippen molar-refractivity contribution < 1.29 is 4.79 Å². The molecule has 1 saturated heterocycles. The van der Waals surface area contributed by atoms with E-state index in [-0.39, 0.29) is 5.91 Å². The van der Waals surface area contributed by atoms with E-state index in [1.807, 2.05) is 29.2 Å². The summed E-state index contributed by atoms with van der Waals surface area (Å²) in [6.07, 6.45) is 0.897. The van der Waals surface area contributed by atoms with Gasteiger partial charge in [-0.25, -0.2) is 0 Å². The topological polar surface area (TPSA) is 23.6 Å². The molecule has 3 nitrogen and oxygen atoms in total. The van der Waals surface area contributed by atoms with Crippen LogP contribution in [0.2, 0.25) is 0 Å². The highest BCUT2D eigenvalue weighted by Crippen LogP contribution is 2.14. The lowest BCUT2D eigenvalue weighted by Crippen LogP contribution is -2.49. The molecule has 1 amide bonds. The molecule has 0 radical (unpaired) electrons. The average molecular weight is 281 g/mol. The van der Waals surface area contributed by atoms with E-state index in [1.54, 1.807) is 0 Å². The van der Waals surface area contributed by atoms with E-state index >= 15 is 0 Å². The van der Waals surface area contributed by atoms with Crippen molar-refractivity contribution >= 4 is 17.5 Å². The molecule has 19 heavy (non-hydrogen) atoms. The van der Waals surface area contributed by atoms with Crippen molar-refractivity contribution in [3.63, 3.8) is 0 Å². The van der Waals surface area contributed by atoms with E-state index in [0.29, 0.717) is 5.88 Å². The molecule has 0 aliphatic carbocycles. The average Bonchev–Trinajstić information content (AvgIpc) is 2.47. The number of hydrogen-bond acceptors (Lipinski definition) is 2. The molecular formula is C15H21ClN2O. The zero-order valence-electron chi connectivity index (χ0n) is 11.4. The number of rotatable bonds is 4. The number of carbonyl (C=O) groups excluding carboxylic acids is 1. The highest BCUT2D eigenvalue weighted by Gasteiger charge is 2.22. The minimum absolute atomic E-state index is 0.169. The molecule has 0 N–H and O–H groups in total. The first-order valence-electron chi connectivity index (χ1n) is 6.91. The molecule has 1 heterocycles. The van der Waals surface area contributed by atoms with Crippen LogP contribution < -0.4 is 0 Å². The summed E-state index contributed by atoms with van der Waals surface area (Å²) in [7, 11) is 0. The van der Waals surface area contributed by atoms with Crippen LogP contribution in [0.4, 0.5) is 0 Å². The van der Waals surface area contributed by atoms with Crippen molar-refractivity contribution in [1.82, 2.24) is 9.80 Å². The molecule has 0 bridgehead atoms. The molecule has 104 valence electrons. The summed E-state index contributed by atoms with van der Waals surface area (Å²) in [6.45, 7) is 6.45. The summed E-state index contributed by atoms with van der Waals surface area (Å²) in [5.74, 6) is 0.829. The van der Waals surface area contributed by atoms with Crippen molar-refractivity contribution in [2.75, 3.05) is 38.6 Å². The number of piperazine rings is 1. The third-order valence-electron chi connectivity index (χ3n) is 3.69. The number of aryl methyl sites for hydroxylation is 1. The monoisotopic (exact) mass is 280 g/mol. The van der Waals surface area contributed by atoms with Crippen LogP contribution in [-0.4, -0.2) is 54.3 Å². The van der Waals surface area contributed by atoms with Crippen molar-refractivity contribution in [2.24, 2.45) is 0 Å². The van der Waals surface area contributed by atoms with Gasteiger partial charge < -0.3 is 4.90 Å². The van der Waals surface area contributed by atoms with Crippen molar-refractivity contribution in [2.45, 2.75) is 13.3 Å². The summed E-state index contributed by atoms with van der Waals surface area (Å²) in [4.78, 5) is 16.8. The van der Waals surface area contributed by atoms with Crippen molar-refractivity contribution in [3.05, 3.63) is 35.4 Å². The smallest absolute Gasteiger partial charge is 0.254 e. The fraction of sp³-hybridized carbons (Fsp3) is 0.533. The molecule has 2 rings (SSSR count). The summed E-state index contributed by atoms with van der Waals surface area (Å²) in [5.41, 5.74) is 1.99. The molecule has 1 fully saturated rings. The van der Waals surface area contributed by atoms with Gasteiger partial charge in [0.1, 0.15) is 0 Å². The van der Waals surface area contributed by atoms with Gasteiger partial charge in [0, 0.05) is 44.2 Å². The Morgan fingerprint density at radius 3 is 2.53 bits per heavy atom. The second-order valence-corrected chi connectivity index (χ2v) is 5.21. The van der Waals surface area contributed by atoms with Crippen LogP contribution in [0.15, 0.2) is 24.3 Å². The maximum absolute atomic E-state index is 12.5. The maximum atomic E-state index is 12.5. The first kappa shape index (κ1) is 14.4. The zero-order chi connectivity index (χ0) is 13.7. The SMILES string of the molecule is CCc1ccccc1C(=O)N1CCN(CCCl)CC1. The summed E-state index contributed by atoms with van der Waals surface area (Å²) >= 11 is 5.75. The number of benzene rings is 1. The molecule has 1 aliphatic rings. The molecule has 4 heteroatoms. The van der Waals surface area contributed by atoms with E-state index < -0.39 is 0 Å². The maximum Gasteiger partial charge on any atom is 0.254 e. The first-order valence-corrected chi connectivity index (χ1v) is 7.45. The lowest BCUT2D eigenvalue weighted by molar-refractivity contribution is 0.0643. The molecular weight excluding hydrogens is 260 g/mol. The fourth-order valence-electron chi connectivity index (χ4n) is 2.50. The van der Waals surface area contributed by atoms with Crippen LogP contribution in [0.25, 0.3) is 0 Å². The van der Waals surface area contributed by atoms with Gasteiger partial charge in [-0.05, 0) is 18.1 Å². The van der Waals surface area contributed by atoms with E-state index in [2.05, 4.69) is 11.8 Å². The molecule has 1 aromatic rings. The second-order valence-electron chi connectivity index (χ2n) is 4.83. The van der Waals surface area contributed by atoms with Crippen molar-refractivity contribution in [1.29, 1.82) is 0 Å². The second kappa shape index (κ2) is 6.92. The lowest BCUT2D eigenvalue weighted by atomic mass is 10.0. The van der Waals surface area contributed by atoms with Gasteiger partial charge >= 0.3 is 0 Å². The van der Waals surface area contributed by atoms with Crippen LogP contribution in [0, 0.1) is 0 Å². The Balaban J connectivity index is 2.01. The molecule has 1 aromatic carbocycles. The van der Waals surface area contributed by atoms with Gasteiger partial charge in [0.25, 0.3) is 5.91 Å². The number of hydrogen-bond donors (Lipinski definition) is 0. The van der Waals surface area contributed by atoms with Crippen LogP contribution >= 0.6 is 11.6 Å². The Kier molecular flexibility index (Phi) is 5.23. The summed E-state index contributed by atoms with van der Waals surface area (Å²) in [5, 5.41) is 0. The first-order chi connectivity index (χ1) is 9.26. The van der Waals surface area contributed by atoms with Gasteiger partial charge in [-0.1, -0.05) is 25.1 Å². The lowest BCUT2D eigenvalue weighted by Gasteiger charge is -2.34. The van der Waals surface area contributed by atoms with E-state index in [0.717, 1.165) is 50.3 Å². The van der Waals surface area contributed by atoms with Crippen LogP contribution in [0.5, 0.6) is 0 Å². The Labute approximate surface area is 120 Å². The van der Waals surface area contributed by atoms with Crippen LogP contribution in [0.1, 0.15) is 22.8 Å². The quantitative estimate of drug-likeness (QED) is 0.790. The number of carbonyl (C=O) groups is 1. The fourth-order valence-corrected chi connectivity index (χ4v) is 2.74. The van der Waals surface area contributed by atoms with Gasteiger partial charge in [0.2, 0.25) is 0 Å². The van der Waals surface area contributed by atoms with Crippen LogP contribution in [-0.2, 0) is 6.42 Å². The standard InChI is InChI=1S/C15H21ClN2O/c1-2-13-5-3-4-6-14(13)15(19)18-11-9-17(8-7-16)10-12-18/h3-6H,2,7-12H2,1H3. The highest BCUT2D eigenvalue weighted by atomic mass is 35.5. The Morgan fingerprint density at radius 2 is 1.89 bits per heavy atom. The summed E-state index contributed by atoms with van der Waals surface area (Å²) < 4.78 is 0. The number of alkyl halides is 1. The predicted octanol–water partition coefficient (Wildman–Crippen LogP) is 2.25. The third-order valence-corrected chi connectivity index (χ3v) is 3.86. The van der Waals surface area contributed by atoms with E-state index in [1.165, 1.54) is 0 Å². The Hall–Kier alpha value is -1.06. The van der Waals surface area contributed by atoms with Gasteiger partial charge in [0.15, 0.2) is 0 Å². The van der Waals surface area contributed by atoms with E-state index in [9.17, 15) is 4.79 Å². The number of amides is 1. The molecule has 0 aromatic heterocycles. The molecule has 0 atom stereocenters. The highest BCUT2D eigenvalue weighted by molar-refractivity contribution is 6.18. The van der Waals surface area contributed by atoms with Gasteiger partial charge in [0.05, 0.1) is 0 Å². The zero-order valence-corrected chi connectivity index (χ0v) is 12.2.